The van der Waals surface area contributed by atoms with Crippen molar-refractivity contribution >= 4 is 18.0 Å². The molecule has 2 N–H and O–H groups in total. The molecule has 1 unspecified atom stereocenters. The minimum absolute atomic E-state index is 0.0315. The average molecular weight is 405 g/mol. The van der Waals surface area contributed by atoms with Gasteiger partial charge in [-0.15, -0.1) is 0 Å². The molecule has 2 amide bonds. The van der Waals surface area contributed by atoms with Crippen LogP contribution in [0.25, 0.3) is 0 Å². The van der Waals surface area contributed by atoms with Crippen molar-refractivity contribution < 1.29 is 18.7 Å². The van der Waals surface area contributed by atoms with E-state index in [1.165, 1.54) is 12.1 Å². The van der Waals surface area contributed by atoms with Crippen molar-refractivity contribution in [3.05, 3.63) is 35.6 Å². The molecule has 0 spiro atoms. The fourth-order valence-electron chi connectivity index (χ4n) is 3.31. The number of amides is 2. The van der Waals surface area contributed by atoms with Crippen molar-refractivity contribution in [2.24, 2.45) is 4.99 Å². The van der Waals surface area contributed by atoms with Crippen molar-refractivity contribution in [2.75, 3.05) is 39.3 Å². The first-order valence-corrected chi connectivity index (χ1v) is 9.80. The van der Waals surface area contributed by atoms with E-state index in [1.54, 1.807) is 17.0 Å². The third kappa shape index (κ3) is 5.36. The summed E-state index contributed by atoms with van der Waals surface area (Å²) in [4.78, 5) is 32.7. The second-order valence-electron chi connectivity index (χ2n) is 8.10. The average Bonchev–Trinajstić information content (AvgIpc) is 3.06. The van der Waals surface area contributed by atoms with Crippen LogP contribution in [0.4, 0.5) is 9.18 Å². The minimum Gasteiger partial charge on any atom is -0.444 e. The molecular formula is C20H28FN5O3. The molecule has 0 radical (unpaired) electrons. The highest BCUT2D eigenvalue weighted by molar-refractivity contribution is 5.94. The highest BCUT2D eigenvalue weighted by Gasteiger charge is 2.36. The van der Waals surface area contributed by atoms with Gasteiger partial charge in [0.2, 0.25) is 0 Å². The molecule has 0 aromatic heterocycles. The van der Waals surface area contributed by atoms with Crippen LogP contribution >= 0.6 is 0 Å². The van der Waals surface area contributed by atoms with E-state index in [2.05, 4.69) is 20.5 Å². The van der Waals surface area contributed by atoms with Crippen LogP contribution in [0.15, 0.2) is 29.3 Å². The molecule has 0 saturated carbocycles. The normalized spacial score (nSPS) is 18.8. The molecule has 8 nitrogen and oxygen atoms in total. The molecule has 1 atom stereocenters. The maximum absolute atomic E-state index is 13.6. The molecule has 2 aliphatic rings. The van der Waals surface area contributed by atoms with Crippen molar-refractivity contribution in [3.63, 3.8) is 0 Å². The Hall–Kier alpha value is -2.84. The Morgan fingerprint density at radius 1 is 1.24 bits per heavy atom. The molecular weight excluding hydrogens is 377 g/mol. The standard InChI is InChI=1S/C20H28FN5O3/c1-20(2,3)29-19(28)25-10-11-26-14(13-25)12-24-18(26)23-9-8-22-17(27)15-6-4-5-7-16(15)21/h4-7,14H,8-13H2,1-3H3,(H,22,27)(H,23,24). The second kappa shape index (κ2) is 8.67. The predicted molar refractivity (Wildman–Crippen MR) is 107 cm³/mol. The van der Waals surface area contributed by atoms with Gasteiger partial charge in [0.05, 0.1) is 18.2 Å². The number of halogens is 1. The van der Waals surface area contributed by atoms with Crippen LogP contribution in [0.3, 0.4) is 0 Å². The Kier molecular flexibility index (Phi) is 6.24. The lowest BCUT2D eigenvalue weighted by Gasteiger charge is -2.39. The van der Waals surface area contributed by atoms with Crippen molar-refractivity contribution in [1.82, 2.24) is 20.4 Å². The zero-order chi connectivity index (χ0) is 21.0. The summed E-state index contributed by atoms with van der Waals surface area (Å²) in [6.07, 6.45) is -0.297. The lowest BCUT2D eigenvalue weighted by molar-refractivity contribution is 0.0137. The number of rotatable bonds is 4. The summed E-state index contributed by atoms with van der Waals surface area (Å²) in [5, 5.41) is 5.91. The lowest BCUT2D eigenvalue weighted by atomic mass is 10.2. The Morgan fingerprint density at radius 3 is 2.72 bits per heavy atom. The largest absolute Gasteiger partial charge is 0.444 e. The number of guanidine groups is 1. The van der Waals surface area contributed by atoms with Gasteiger partial charge in [-0.3, -0.25) is 9.79 Å². The van der Waals surface area contributed by atoms with E-state index in [-0.39, 0.29) is 17.7 Å². The van der Waals surface area contributed by atoms with Gasteiger partial charge in [0.1, 0.15) is 11.4 Å². The summed E-state index contributed by atoms with van der Waals surface area (Å²) in [7, 11) is 0. The van der Waals surface area contributed by atoms with Crippen LogP contribution in [0.2, 0.25) is 0 Å². The predicted octanol–water partition coefficient (Wildman–Crippen LogP) is 1.44. The summed E-state index contributed by atoms with van der Waals surface area (Å²) in [6, 6.07) is 6.00. The molecule has 1 fully saturated rings. The van der Waals surface area contributed by atoms with Gasteiger partial charge < -0.3 is 25.2 Å². The highest BCUT2D eigenvalue weighted by atomic mass is 19.1. The Labute approximate surface area is 170 Å². The first-order chi connectivity index (χ1) is 13.7. The Bertz CT molecular complexity index is 793. The number of nitrogens with zero attached hydrogens (tertiary/aromatic N) is 3. The van der Waals surface area contributed by atoms with E-state index in [0.717, 1.165) is 5.96 Å². The van der Waals surface area contributed by atoms with E-state index in [0.29, 0.717) is 39.3 Å². The van der Waals surface area contributed by atoms with Gasteiger partial charge in [0.15, 0.2) is 5.96 Å². The van der Waals surface area contributed by atoms with Crippen LogP contribution in [0.5, 0.6) is 0 Å². The topological polar surface area (TPSA) is 86.3 Å². The van der Waals surface area contributed by atoms with Crippen LogP contribution in [0, 0.1) is 5.82 Å². The number of fused-ring (bicyclic) bond motifs is 1. The van der Waals surface area contributed by atoms with Crippen LogP contribution in [0.1, 0.15) is 31.1 Å². The summed E-state index contributed by atoms with van der Waals surface area (Å²) in [6.45, 7) is 8.77. The summed E-state index contributed by atoms with van der Waals surface area (Å²) in [5.41, 5.74) is -0.482. The van der Waals surface area contributed by atoms with Gasteiger partial charge >= 0.3 is 6.09 Å². The summed E-state index contributed by atoms with van der Waals surface area (Å²) < 4.78 is 19.1. The maximum Gasteiger partial charge on any atom is 0.410 e. The zero-order valence-electron chi connectivity index (χ0n) is 17.1. The van der Waals surface area contributed by atoms with E-state index in [9.17, 15) is 14.0 Å². The van der Waals surface area contributed by atoms with Crippen molar-refractivity contribution in [3.8, 4) is 0 Å². The second-order valence-corrected chi connectivity index (χ2v) is 8.10. The summed E-state index contributed by atoms with van der Waals surface area (Å²) >= 11 is 0. The fraction of sp³-hybridized carbons (Fsp3) is 0.550. The number of carbonyl (C=O) groups is 2. The quantitative estimate of drug-likeness (QED) is 0.741. The van der Waals surface area contributed by atoms with Crippen LogP contribution in [-0.2, 0) is 4.74 Å². The molecule has 2 heterocycles. The van der Waals surface area contributed by atoms with Gasteiger partial charge in [-0.1, -0.05) is 12.1 Å². The fourth-order valence-corrected chi connectivity index (χ4v) is 3.31. The Balaban J connectivity index is 1.41. The Morgan fingerprint density at radius 2 is 2.00 bits per heavy atom. The monoisotopic (exact) mass is 405 g/mol. The molecule has 0 bridgehead atoms. The third-order valence-corrected chi connectivity index (χ3v) is 4.67. The van der Waals surface area contributed by atoms with E-state index < -0.39 is 17.3 Å². The first-order valence-electron chi connectivity index (χ1n) is 9.80. The van der Waals surface area contributed by atoms with E-state index in [1.807, 2.05) is 20.8 Å². The number of piperazine rings is 1. The van der Waals surface area contributed by atoms with E-state index >= 15 is 0 Å². The summed E-state index contributed by atoms with van der Waals surface area (Å²) in [5.74, 6) is -0.218. The molecule has 158 valence electrons. The first kappa shape index (κ1) is 20.9. The molecule has 29 heavy (non-hydrogen) atoms. The molecule has 9 heteroatoms. The number of hydrogen-bond acceptors (Lipinski definition) is 6. The van der Waals surface area contributed by atoms with Crippen molar-refractivity contribution in [2.45, 2.75) is 32.4 Å². The molecule has 1 aromatic carbocycles. The van der Waals surface area contributed by atoms with Gasteiger partial charge in [0.25, 0.3) is 5.91 Å². The maximum atomic E-state index is 13.6. The number of benzene rings is 1. The molecule has 0 aliphatic carbocycles. The number of aliphatic imine (C=N–C) groups is 1. The van der Waals surface area contributed by atoms with E-state index in [4.69, 9.17) is 4.74 Å². The third-order valence-electron chi connectivity index (χ3n) is 4.67. The molecule has 3 rings (SSSR count). The number of hydrogen-bond donors (Lipinski definition) is 2. The van der Waals surface area contributed by atoms with Gasteiger partial charge in [-0.05, 0) is 32.9 Å². The zero-order valence-corrected chi connectivity index (χ0v) is 17.1. The van der Waals surface area contributed by atoms with Crippen LogP contribution in [-0.4, -0.2) is 78.7 Å². The lowest BCUT2D eigenvalue weighted by Crippen LogP contribution is -2.57. The number of nitrogens with one attached hydrogen (secondary N) is 2. The SMILES string of the molecule is CC(C)(C)OC(=O)N1CCN2C(NCCNC(=O)c3ccccc3F)=NCC2C1. The number of carbonyl (C=O) groups excluding carboxylic acids is 2. The molecule has 1 aromatic rings. The molecule has 1 saturated heterocycles. The van der Waals surface area contributed by atoms with Crippen LogP contribution < -0.4 is 10.6 Å². The van der Waals surface area contributed by atoms with Crippen molar-refractivity contribution in [1.29, 1.82) is 0 Å². The van der Waals surface area contributed by atoms with Gasteiger partial charge in [-0.2, -0.15) is 0 Å². The highest BCUT2D eigenvalue weighted by Crippen LogP contribution is 2.18. The number of ether oxygens (including phenoxy) is 1. The minimum atomic E-state index is -0.538. The van der Waals surface area contributed by atoms with Gasteiger partial charge in [0, 0.05) is 32.7 Å². The smallest absolute Gasteiger partial charge is 0.410 e. The van der Waals surface area contributed by atoms with Gasteiger partial charge in [-0.25, -0.2) is 9.18 Å². The molecule has 2 aliphatic heterocycles.